The number of amides is 1. The summed E-state index contributed by atoms with van der Waals surface area (Å²) < 4.78 is 10.2. The first-order valence-electron chi connectivity index (χ1n) is 8.59. The van der Waals surface area contributed by atoms with Crippen molar-refractivity contribution in [1.29, 1.82) is 0 Å². The van der Waals surface area contributed by atoms with Crippen LogP contribution in [0.3, 0.4) is 0 Å². The molecular formula is C17H29NO6. The minimum Gasteiger partial charge on any atom is -0.481 e. The Labute approximate surface area is 143 Å². The van der Waals surface area contributed by atoms with Crippen molar-refractivity contribution in [3.05, 3.63) is 0 Å². The van der Waals surface area contributed by atoms with Crippen LogP contribution in [0.25, 0.3) is 0 Å². The molecule has 0 spiro atoms. The second-order valence-electron chi connectivity index (χ2n) is 6.93. The van der Waals surface area contributed by atoms with E-state index >= 15 is 0 Å². The molecule has 1 unspecified atom stereocenters. The molecule has 7 heteroatoms. The van der Waals surface area contributed by atoms with Gasteiger partial charge in [-0.25, -0.2) is 4.79 Å². The summed E-state index contributed by atoms with van der Waals surface area (Å²) in [7, 11) is 0. The van der Waals surface area contributed by atoms with Gasteiger partial charge in [0.25, 0.3) is 0 Å². The van der Waals surface area contributed by atoms with E-state index in [1.54, 1.807) is 13.8 Å². The molecule has 0 aromatic carbocycles. The van der Waals surface area contributed by atoms with Gasteiger partial charge in [-0.15, -0.1) is 0 Å². The normalized spacial score (nSPS) is 21.8. The maximum Gasteiger partial charge on any atom is 0.407 e. The van der Waals surface area contributed by atoms with Gasteiger partial charge in [-0.1, -0.05) is 20.8 Å². The standard InChI is InChI=1S/C17H29NO6/c1-11(2)16(21)23-9-12(3)10-24-17(22)18-8-13-4-6-14(7-5-13)15(19)20/h11-14H,4-10H2,1-3H3,(H,18,22)(H,19,20). The number of ether oxygens (including phenoxy) is 2. The summed E-state index contributed by atoms with van der Waals surface area (Å²) >= 11 is 0. The van der Waals surface area contributed by atoms with Crippen molar-refractivity contribution in [2.45, 2.75) is 46.5 Å². The summed E-state index contributed by atoms with van der Waals surface area (Å²) in [6.07, 6.45) is 2.44. The number of carboxylic acid groups (broad SMARTS) is 1. The van der Waals surface area contributed by atoms with Gasteiger partial charge >= 0.3 is 18.0 Å². The maximum atomic E-state index is 11.7. The van der Waals surface area contributed by atoms with Crippen molar-refractivity contribution in [3.63, 3.8) is 0 Å². The van der Waals surface area contributed by atoms with Crippen molar-refractivity contribution in [3.8, 4) is 0 Å². The number of carbonyl (C=O) groups excluding carboxylic acids is 2. The lowest BCUT2D eigenvalue weighted by molar-refractivity contribution is -0.149. The fraction of sp³-hybridized carbons (Fsp3) is 0.824. The molecule has 0 saturated heterocycles. The van der Waals surface area contributed by atoms with Crippen molar-refractivity contribution in [2.24, 2.45) is 23.7 Å². The van der Waals surface area contributed by atoms with Gasteiger partial charge in [0.05, 0.1) is 25.0 Å². The first-order chi connectivity index (χ1) is 11.3. The molecule has 1 aliphatic carbocycles. The minimum absolute atomic E-state index is 0.0653. The predicted molar refractivity (Wildman–Crippen MR) is 87.4 cm³/mol. The molecule has 1 fully saturated rings. The van der Waals surface area contributed by atoms with Crippen LogP contribution in [0, 0.1) is 23.7 Å². The fourth-order valence-corrected chi connectivity index (χ4v) is 2.55. The Morgan fingerprint density at radius 1 is 1.04 bits per heavy atom. The zero-order chi connectivity index (χ0) is 18.1. The lowest BCUT2D eigenvalue weighted by atomic mass is 9.82. The van der Waals surface area contributed by atoms with Crippen LogP contribution in [0.15, 0.2) is 0 Å². The van der Waals surface area contributed by atoms with Crippen LogP contribution in [0.1, 0.15) is 46.5 Å². The molecule has 1 saturated carbocycles. The van der Waals surface area contributed by atoms with Crippen LogP contribution < -0.4 is 5.32 Å². The summed E-state index contributed by atoms with van der Waals surface area (Å²) in [5, 5.41) is 11.7. The highest BCUT2D eigenvalue weighted by Crippen LogP contribution is 2.28. The summed E-state index contributed by atoms with van der Waals surface area (Å²) in [6.45, 7) is 6.28. The van der Waals surface area contributed by atoms with Crippen LogP contribution in [0.2, 0.25) is 0 Å². The molecule has 1 rings (SSSR count). The van der Waals surface area contributed by atoms with E-state index in [0.717, 1.165) is 12.8 Å². The average Bonchev–Trinajstić information content (AvgIpc) is 2.56. The predicted octanol–water partition coefficient (Wildman–Crippen LogP) is 2.44. The summed E-state index contributed by atoms with van der Waals surface area (Å²) in [4.78, 5) is 33.9. The molecule has 0 heterocycles. The minimum atomic E-state index is -0.729. The molecule has 0 bridgehead atoms. The number of carbonyl (C=O) groups is 3. The third-order valence-corrected chi connectivity index (χ3v) is 4.21. The van der Waals surface area contributed by atoms with Crippen molar-refractivity contribution >= 4 is 18.0 Å². The first kappa shape index (κ1) is 20.3. The third-order valence-electron chi connectivity index (χ3n) is 4.21. The largest absolute Gasteiger partial charge is 0.481 e. The van der Waals surface area contributed by atoms with Gasteiger partial charge in [0.15, 0.2) is 0 Å². The Kier molecular flexibility index (Phi) is 8.57. The van der Waals surface area contributed by atoms with E-state index in [1.165, 1.54) is 0 Å². The Bertz CT molecular complexity index is 429. The molecule has 138 valence electrons. The van der Waals surface area contributed by atoms with Gasteiger partial charge in [0, 0.05) is 12.5 Å². The number of alkyl carbamates (subject to hydrolysis) is 1. The lowest BCUT2D eigenvalue weighted by Gasteiger charge is -2.26. The Hall–Kier alpha value is -1.79. The Balaban J connectivity index is 2.12. The molecule has 0 radical (unpaired) electrons. The number of esters is 1. The number of hydrogen-bond acceptors (Lipinski definition) is 5. The van der Waals surface area contributed by atoms with E-state index in [9.17, 15) is 14.4 Å². The zero-order valence-electron chi connectivity index (χ0n) is 14.7. The SMILES string of the molecule is CC(COC(=O)NCC1CCC(C(=O)O)CC1)COC(=O)C(C)C. The van der Waals surface area contributed by atoms with E-state index in [4.69, 9.17) is 14.6 Å². The van der Waals surface area contributed by atoms with Gasteiger partial charge in [-0.3, -0.25) is 9.59 Å². The topological polar surface area (TPSA) is 102 Å². The number of carboxylic acids is 1. The van der Waals surface area contributed by atoms with E-state index < -0.39 is 12.1 Å². The van der Waals surface area contributed by atoms with Gasteiger partial charge in [0.1, 0.15) is 0 Å². The van der Waals surface area contributed by atoms with Gasteiger partial charge in [-0.2, -0.15) is 0 Å². The third kappa shape index (κ3) is 7.66. The van der Waals surface area contributed by atoms with E-state index in [-0.39, 0.29) is 36.9 Å². The molecule has 1 atom stereocenters. The summed E-state index contributed by atoms with van der Waals surface area (Å²) in [6, 6.07) is 0. The van der Waals surface area contributed by atoms with Crippen LogP contribution in [-0.4, -0.2) is 42.9 Å². The number of hydrogen-bond donors (Lipinski definition) is 2. The molecular weight excluding hydrogens is 314 g/mol. The van der Waals surface area contributed by atoms with Crippen LogP contribution in [-0.2, 0) is 19.1 Å². The second-order valence-corrected chi connectivity index (χ2v) is 6.93. The Morgan fingerprint density at radius 2 is 1.62 bits per heavy atom. The highest BCUT2D eigenvalue weighted by molar-refractivity contribution is 5.71. The molecule has 2 N–H and O–H groups in total. The van der Waals surface area contributed by atoms with Crippen molar-refractivity contribution < 1.29 is 29.0 Å². The second kappa shape index (κ2) is 10.2. The zero-order valence-corrected chi connectivity index (χ0v) is 14.7. The van der Waals surface area contributed by atoms with E-state index in [1.807, 2.05) is 6.92 Å². The van der Waals surface area contributed by atoms with Crippen LogP contribution in [0.5, 0.6) is 0 Å². The van der Waals surface area contributed by atoms with Crippen molar-refractivity contribution in [1.82, 2.24) is 5.32 Å². The molecule has 1 aliphatic rings. The van der Waals surface area contributed by atoms with Gasteiger partial charge in [0.2, 0.25) is 0 Å². The number of rotatable bonds is 8. The van der Waals surface area contributed by atoms with Crippen LogP contribution in [0.4, 0.5) is 4.79 Å². The highest BCUT2D eigenvalue weighted by Gasteiger charge is 2.26. The molecule has 0 aromatic rings. The smallest absolute Gasteiger partial charge is 0.407 e. The molecule has 0 aromatic heterocycles. The molecule has 24 heavy (non-hydrogen) atoms. The monoisotopic (exact) mass is 343 g/mol. The Morgan fingerprint density at radius 3 is 2.17 bits per heavy atom. The number of aliphatic carboxylic acids is 1. The summed E-state index contributed by atoms with van der Waals surface area (Å²) in [5.41, 5.74) is 0. The first-order valence-corrected chi connectivity index (χ1v) is 8.59. The lowest BCUT2D eigenvalue weighted by Crippen LogP contribution is -2.33. The quantitative estimate of drug-likeness (QED) is 0.656. The van der Waals surface area contributed by atoms with Gasteiger partial charge in [-0.05, 0) is 31.6 Å². The van der Waals surface area contributed by atoms with E-state index in [0.29, 0.717) is 25.3 Å². The molecule has 1 amide bonds. The van der Waals surface area contributed by atoms with Crippen LogP contribution >= 0.6 is 0 Å². The van der Waals surface area contributed by atoms with E-state index in [2.05, 4.69) is 5.32 Å². The van der Waals surface area contributed by atoms with Crippen molar-refractivity contribution in [2.75, 3.05) is 19.8 Å². The maximum absolute atomic E-state index is 11.7. The van der Waals surface area contributed by atoms with Gasteiger partial charge < -0.3 is 19.9 Å². The molecule has 7 nitrogen and oxygen atoms in total. The fourth-order valence-electron chi connectivity index (χ4n) is 2.55. The number of nitrogens with one attached hydrogen (secondary N) is 1. The molecule has 0 aliphatic heterocycles. The highest BCUT2D eigenvalue weighted by atomic mass is 16.6. The average molecular weight is 343 g/mol. The summed E-state index contributed by atoms with van der Waals surface area (Å²) in [5.74, 6) is -1.17.